The van der Waals surface area contributed by atoms with Crippen LogP contribution < -0.4 is 15.2 Å². The summed E-state index contributed by atoms with van der Waals surface area (Å²) in [5.74, 6) is 0.204. The molecule has 0 aliphatic carbocycles. The van der Waals surface area contributed by atoms with Gasteiger partial charge in [-0.3, -0.25) is 0 Å². The fourth-order valence-corrected chi connectivity index (χ4v) is 1.88. The molecule has 0 unspecified atom stereocenters. The SMILES string of the molecule is COc1ncccc1COC(=O)c1cccc(N)c1OC. The Morgan fingerprint density at radius 2 is 2.00 bits per heavy atom. The van der Waals surface area contributed by atoms with Crippen LogP contribution in [-0.2, 0) is 11.3 Å². The molecule has 0 spiro atoms. The summed E-state index contributed by atoms with van der Waals surface area (Å²) >= 11 is 0. The van der Waals surface area contributed by atoms with Crippen LogP contribution >= 0.6 is 0 Å². The molecule has 0 aliphatic heterocycles. The van der Waals surface area contributed by atoms with E-state index < -0.39 is 5.97 Å². The number of para-hydroxylation sites is 1. The van der Waals surface area contributed by atoms with E-state index in [0.29, 0.717) is 22.9 Å². The van der Waals surface area contributed by atoms with Crippen LogP contribution in [0.4, 0.5) is 5.69 Å². The first-order valence-electron chi connectivity index (χ1n) is 6.25. The third kappa shape index (κ3) is 3.22. The topological polar surface area (TPSA) is 83.7 Å². The molecule has 110 valence electrons. The van der Waals surface area contributed by atoms with Crippen LogP contribution in [0.1, 0.15) is 15.9 Å². The van der Waals surface area contributed by atoms with Crippen molar-refractivity contribution in [2.24, 2.45) is 0 Å². The van der Waals surface area contributed by atoms with E-state index in [1.807, 2.05) is 0 Å². The van der Waals surface area contributed by atoms with E-state index in [9.17, 15) is 4.79 Å². The van der Waals surface area contributed by atoms with Crippen LogP contribution in [-0.4, -0.2) is 25.2 Å². The Hall–Kier alpha value is -2.76. The molecule has 21 heavy (non-hydrogen) atoms. The van der Waals surface area contributed by atoms with Crippen molar-refractivity contribution >= 4 is 11.7 Å². The average Bonchev–Trinajstić information content (AvgIpc) is 2.52. The van der Waals surface area contributed by atoms with Gasteiger partial charge >= 0.3 is 5.97 Å². The summed E-state index contributed by atoms with van der Waals surface area (Å²) in [7, 11) is 2.96. The van der Waals surface area contributed by atoms with E-state index in [1.165, 1.54) is 14.2 Å². The van der Waals surface area contributed by atoms with Gasteiger partial charge in [-0.2, -0.15) is 0 Å². The zero-order valence-electron chi connectivity index (χ0n) is 11.8. The maximum Gasteiger partial charge on any atom is 0.342 e. The summed E-state index contributed by atoms with van der Waals surface area (Å²) in [4.78, 5) is 16.2. The molecule has 0 saturated heterocycles. The third-order valence-corrected chi connectivity index (χ3v) is 2.87. The van der Waals surface area contributed by atoms with Crippen molar-refractivity contribution in [3.8, 4) is 11.6 Å². The Bertz CT molecular complexity index is 643. The number of aromatic nitrogens is 1. The molecule has 6 heteroatoms. The standard InChI is InChI=1S/C15H16N2O4/c1-19-13-11(6-3-7-12(13)16)15(18)21-9-10-5-4-8-17-14(10)20-2/h3-8H,9,16H2,1-2H3. The van der Waals surface area contributed by atoms with E-state index in [2.05, 4.69) is 4.98 Å². The number of hydrogen-bond donors (Lipinski definition) is 1. The Morgan fingerprint density at radius 3 is 2.71 bits per heavy atom. The first-order valence-corrected chi connectivity index (χ1v) is 6.25. The molecule has 0 amide bonds. The van der Waals surface area contributed by atoms with Gasteiger partial charge in [0.2, 0.25) is 5.88 Å². The summed E-state index contributed by atoms with van der Waals surface area (Å²) in [6.45, 7) is 0.0494. The normalized spacial score (nSPS) is 10.0. The van der Waals surface area contributed by atoms with Crippen LogP contribution in [0, 0.1) is 0 Å². The van der Waals surface area contributed by atoms with Gasteiger partial charge < -0.3 is 19.9 Å². The number of ether oxygens (including phenoxy) is 3. The molecule has 0 atom stereocenters. The minimum absolute atomic E-state index is 0.0494. The summed E-state index contributed by atoms with van der Waals surface area (Å²) in [6.07, 6.45) is 1.60. The van der Waals surface area contributed by atoms with Gasteiger partial charge in [0.1, 0.15) is 12.2 Å². The molecule has 6 nitrogen and oxygen atoms in total. The minimum Gasteiger partial charge on any atom is -0.494 e. The monoisotopic (exact) mass is 288 g/mol. The number of nitrogen functional groups attached to an aromatic ring is 1. The lowest BCUT2D eigenvalue weighted by Gasteiger charge is -2.11. The molecule has 2 rings (SSSR count). The molecule has 1 heterocycles. The molecular formula is C15H16N2O4. The molecule has 0 radical (unpaired) electrons. The molecule has 1 aromatic heterocycles. The predicted octanol–water partition coefficient (Wildman–Crippen LogP) is 2.04. The van der Waals surface area contributed by atoms with Gasteiger partial charge in [0.15, 0.2) is 5.75 Å². The molecule has 2 N–H and O–H groups in total. The number of nitrogens with two attached hydrogens (primary N) is 1. The molecule has 0 aliphatic rings. The van der Waals surface area contributed by atoms with Gasteiger partial charge in [0.25, 0.3) is 0 Å². The number of esters is 1. The second-order valence-electron chi connectivity index (χ2n) is 4.18. The molecular weight excluding hydrogens is 272 g/mol. The molecule has 0 fully saturated rings. The quantitative estimate of drug-likeness (QED) is 0.669. The van der Waals surface area contributed by atoms with E-state index in [0.717, 1.165) is 0 Å². The molecule has 0 bridgehead atoms. The van der Waals surface area contributed by atoms with E-state index >= 15 is 0 Å². The lowest BCUT2D eigenvalue weighted by Crippen LogP contribution is -2.09. The lowest BCUT2D eigenvalue weighted by molar-refractivity contribution is 0.0466. The van der Waals surface area contributed by atoms with Crippen molar-refractivity contribution in [3.05, 3.63) is 47.7 Å². The van der Waals surface area contributed by atoms with Crippen LogP contribution in [0.3, 0.4) is 0 Å². The first kappa shape index (κ1) is 14.6. The van der Waals surface area contributed by atoms with Gasteiger partial charge in [0, 0.05) is 6.20 Å². The van der Waals surface area contributed by atoms with Crippen molar-refractivity contribution in [1.82, 2.24) is 4.98 Å². The zero-order chi connectivity index (χ0) is 15.2. The number of nitrogens with zero attached hydrogens (tertiary/aromatic N) is 1. The Balaban J connectivity index is 2.14. The summed E-state index contributed by atoms with van der Waals surface area (Å²) in [5, 5.41) is 0. The number of benzene rings is 1. The van der Waals surface area contributed by atoms with Gasteiger partial charge in [-0.25, -0.2) is 9.78 Å². The van der Waals surface area contributed by atoms with Crippen LogP contribution in [0.2, 0.25) is 0 Å². The van der Waals surface area contributed by atoms with Crippen LogP contribution in [0.15, 0.2) is 36.5 Å². The van der Waals surface area contributed by atoms with E-state index in [-0.39, 0.29) is 12.2 Å². The van der Waals surface area contributed by atoms with Gasteiger partial charge in [-0.1, -0.05) is 6.07 Å². The van der Waals surface area contributed by atoms with Gasteiger partial charge in [0.05, 0.1) is 25.5 Å². The zero-order valence-corrected chi connectivity index (χ0v) is 11.8. The van der Waals surface area contributed by atoms with Crippen molar-refractivity contribution in [2.45, 2.75) is 6.61 Å². The van der Waals surface area contributed by atoms with Crippen molar-refractivity contribution in [1.29, 1.82) is 0 Å². The molecule has 0 saturated carbocycles. The highest BCUT2D eigenvalue weighted by molar-refractivity contribution is 5.94. The second kappa shape index (κ2) is 6.60. The fourth-order valence-electron chi connectivity index (χ4n) is 1.88. The largest absolute Gasteiger partial charge is 0.494 e. The summed E-state index contributed by atoms with van der Waals surface area (Å²) in [6, 6.07) is 8.43. The lowest BCUT2D eigenvalue weighted by atomic mass is 10.1. The number of carbonyl (C=O) groups excluding carboxylic acids is 1. The highest BCUT2D eigenvalue weighted by Gasteiger charge is 2.16. The number of hydrogen-bond acceptors (Lipinski definition) is 6. The maximum atomic E-state index is 12.1. The van der Waals surface area contributed by atoms with Crippen LogP contribution in [0.5, 0.6) is 11.6 Å². The van der Waals surface area contributed by atoms with E-state index in [1.54, 1.807) is 36.5 Å². The number of pyridine rings is 1. The number of rotatable bonds is 5. The minimum atomic E-state index is -0.523. The summed E-state index contributed by atoms with van der Waals surface area (Å²) < 4.78 is 15.5. The predicted molar refractivity (Wildman–Crippen MR) is 77.3 cm³/mol. The third-order valence-electron chi connectivity index (χ3n) is 2.87. The Labute approximate surface area is 122 Å². The van der Waals surface area contributed by atoms with Crippen LogP contribution in [0.25, 0.3) is 0 Å². The highest BCUT2D eigenvalue weighted by Crippen LogP contribution is 2.27. The number of methoxy groups -OCH3 is 2. The number of anilines is 1. The Morgan fingerprint density at radius 1 is 1.19 bits per heavy atom. The first-order chi connectivity index (χ1) is 10.2. The van der Waals surface area contributed by atoms with Gasteiger partial charge in [-0.05, 0) is 24.3 Å². The van der Waals surface area contributed by atoms with Crippen molar-refractivity contribution < 1.29 is 19.0 Å². The summed E-state index contributed by atoms with van der Waals surface area (Å²) in [5.41, 5.74) is 7.10. The maximum absolute atomic E-state index is 12.1. The fraction of sp³-hybridized carbons (Fsp3) is 0.200. The highest BCUT2D eigenvalue weighted by atomic mass is 16.5. The van der Waals surface area contributed by atoms with Crippen molar-refractivity contribution in [2.75, 3.05) is 20.0 Å². The molecule has 2 aromatic rings. The molecule has 1 aromatic carbocycles. The smallest absolute Gasteiger partial charge is 0.342 e. The van der Waals surface area contributed by atoms with E-state index in [4.69, 9.17) is 19.9 Å². The van der Waals surface area contributed by atoms with Gasteiger partial charge in [-0.15, -0.1) is 0 Å². The Kier molecular flexibility index (Phi) is 4.61. The second-order valence-corrected chi connectivity index (χ2v) is 4.18. The number of carbonyl (C=O) groups is 1. The van der Waals surface area contributed by atoms with Crippen molar-refractivity contribution in [3.63, 3.8) is 0 Å². The average molecular weight is 288 g/mol.